The minimum Gasteiger partial charge on any atom is -0.481 e. The fraction of sp³-hybridized carbons (Fsp3) is 0.133. The van der Waals surface area contributed by atoms with E-state index in [9.17, 15) is 9.59 Å². The van der Waals surface area contributed by atoms with E-state index in [2.05, 4.69) is 10.3 Å². The van der Waals surface area contributed by atoms with E-state index >= 15 is 0 Å². The first-order valence-electron chi connectivity index (χ1n) is 6.08. The normalized spacial score (nSPS) is 10.1. The number of nitrogens with one attached hydrogen (secondary N) is 1. The highest BCUT2D eigenvalue weighted by Gasteiger charge is 2.07. The molecule has 0 fully saturated rings. The van der Waals surface area contributed by atoms with Gasteiger partial charge in [-0.1, -0.05) is 12.1 Å². The number of aromatic nitrogens is 1. The van der Waals surface area contributed by atoms with E-state index in [0.717, 1.165) is 5.56 Å². The number of pyridine rings is 1. The van der Waals surface area contributed by atoms with Crippen LogP contribution in [0.15, 0.2) is 42.7 Å². The molecule has 0 spiro atoms. The van der Waals surface area contributed by atoms with Gasteiger partial charge in [-0.3, -0.25) is 14.6 Å². The molecule has 0 unspecified atom stereocenters. The number of anilines is 1. The number of carboxylic acids is 1. The highest BCUT2D eigenvalue weighted by Crippen LogP contribution is 2.12. The van der Waals surface area contributed by atoms with Crippen LogP contribution in [0.1, 0.15) is 21.5 Å². The van der Waals surface area contributed by atoms with Crippen molar-refractivity contribution in [1.82, 2.24) is 4.98 Å². The molecule has 2 rings (SSSR count). The molecule has 0 saturated carbocycles. The monoisotopic (exact) mass is 270 g/mol. The molecular weight excluding hydrogens is 256 g/mol. The third kappa shape index (κ3) is 3.65. The van der Waals surface area contributed by atoms with Crippen LogP contribution in [0, 0.1) is 6.92 Å². The summed E-state index contributed by atoms with van der Waals surface area (Å²) in [6, 6.07) is 8.47. The zero-order valence-corrected chi connectivity index (χ0v) is 11.0. The Morgan fingerprint density at radius 3 is 2.50 bits per heavy atom. The van der Waals surface area contributed by atoms with Gasteiger partial charge in [-0.05, 0) is 36.2 Å². The van der Waals surface area contributed by atoms with Crippen LogP contribution in [-0.2, 0) is 11.2 Å². The second kappa shape index (κ2) is 5.97. The molecule has 5 heteroatoms. The molecule has 0 atom stereocenters. The number of aryl methyl sites for hydroxylation is 1. The second-order valence-electron chi connectivity index (χ2n) is 4.47. The Labute approximate surface area is 116 Å². The molecule has 0 aliphatic heterocycles. The van der Waals surface area contributed by atoms with Gasteiger partial charge in [0.2, 0.25) is 0 Å². The third-order valence-corrected chi connectivity index (χ3v) is 2.70. The van der Waals surface area contributed by atoms with E-state index in [1.807, 2.05) is 6.92 Å². The molecule has 2 N–H and O–H groups in total. The summed E-state index contributed by atoms with van der Waals surface area (Å²) in [7, 11) is 0. The largest absolute Gasteiger partial charge is 0.481 e. The summed E-state index contributed by atoms with van der Waals surface area (Å²) in [6.07, 6.45) is 3.15. The van der Waals surface area contributed by atoms with Crippen molar-refractivity contribution in [2.75, 3.05) is 5.32 Å². The van der Waals surface area contributed by atoms with Gasteiger partial charge >= 0.3 is 5.97 Å². The Morgan fingerprint density at radius 2 is 1.90 bits per heavy atom. The average molecular weight is 270 g/mol. The summed E-state index contributed by atoms with van der Waals surface area (Å²) < 4.78 is 0. The lowest BCUT2D eigenvalue weighted by Gasteiger charge is -2.06. The minimum absolute atomic E-state index is 0.0317. The number of aliphatic carboxylic acids is 1. The van der Waals surface area contributed by atoms with Crippen LogP contribution in [0.3, 0.4) is 0 Å². The number of benzene rings is 1. The molecule has 0 aliphatic rings. The zero-order chi connectivity index (χ0) is 14.5. The molecular formula is C15H14N2O3. The number of carbonyl (C=O) groups is 2. The van der Waals surface area contributed by atoms with Crippen molar-refractivity contribution in [1.29, 1.82) is 0 Å². The predicted molar refractivity (Wildman–Crippen MR) is 74.7 cm³/mol. The lowest BCUT2D eigenvalue weighted by atomic mass is 10.1. The van der Waals surface area contributed by atoms with Gasteiger partial charge in [-0.2, -0.15) is 0 Å². The van der Waals surface area contributed by atoms with Crippen LogP contribution >= 0.6 is 0 Å². The van der Waals surface area contributed by atoms with Crippen molar-refractivity contribution in [3.05, 3.63) is 59.4 Å². The quantitative estimate of drug-likeness (QED) is 0.893. The van der Waals surface area contributed by atoms with Crippen LogP contribution in [0.5, 0.6) is 0 Å². The smallest absolute Gasteiger partial charge is 0.307 e. The Bertz CT molecular complexity index is 636. The van der Waals surface area contributed by atoms with Gasteiger partial charge in [-0.15, -0.1) is 0 Å². The lowest BCUT2D eigenvalue weighted by molar-refractivity contribution is -0.136. The molecule has 1 heterocycles. The standard InChI is InChI=1S/C15H14N2O3/c1-10-6-12(9-16-8-10)15(20)17-13-4-2-11(3-5-13)7-14(18)19/h2-6,8-9H,7H2,1H3,(H,17,20)(H,18,19). The van der Waals surface area contributed by atoms with Gasteiger partial charge in [0.1, 0.15) is 0 Å². The van der Waals surface area contributed by atoms with Crippen molar-refractivity contribution in [2.24, 2.45) is 0 Å². The fourth-order valence-corrected chi connectivity index (χ4v) is 1.76. The first kappa shape index (κ1) is 13.7. The molecule has 102 valence electrons. The van der Waals surface area contributed by atoms with Gasteiger partial charge in [-0.25, -0.2) is 0 Å². The van der Waals surface area contributed by atoms with E-state index in [-0.39, 0.29) is 12.3 Å². The van der Waals surface area contributed by atoms with Crippen molar-refractivity contribution in [3.8, 4) is 0 Å². The number of nitrogens with zero attached hydrogens (tertiary/aromatic N) is 1. The Kier molecular flexibility index (Phi) is 4.10. The lowest BCUT2D eigenvalue weighted by Crippen LogP contribution is -2.12. The Balaban J connectivity index is 2.06. The van der Waals surface area contributed by atoms with Gasteiger partial charge in [0.05, 0.1) is 12.0 Å². The summed E-state index contributed by atoms with van der Waals surface area (Å²) in [6.45, 7) is 1.87. The van der Waals surface area contributed by atoms with Gasteiger partial charge in [0.25, 0.3) is 5.91 Å². The highest BCUT2D eigenvalue weighted by atomic mass is 16.4. The summed E-state index contributed by atoms with van der Waals surface area (Å²) >= 11 is 0. The maximum atomic E-state index is 12.0. The number of carboxylic acid groups (broad SMARTS) is 1. The average Bonchev–Trinajstić information content (AvgIpc) is 2.40. The van der Waals surface area contributed by atoms with Crippen LogP contribution in [0.4, 0.5) is 5.69 Å². The van der Waals surface area contributed by atoms with Gasteiger partial charge < -0.3 is 10.4 Å². The number of hydrogen-bond donors (Lipinski definition) is 2. The van der Waals surface area contributed by atoms with Crippen molar-refractivity contribution >= 4 is 17.6 Å². The Morgan fingerprint density at radius 1 is 1.20 bits per heavy atom. The van der Waals surface area contributed by atoms with Crippen LogP contribution < -0.4 is 5.32 Å². The van der Waals surface area contributed by atoms with E-state index in [4.69, 9.17) is 5.11 Å². The summed E-state index contributed by atoms with van der Waals surface area (Å²) in [4.78, 5) is 26.5. The molecule has 0 saturated heterocycles. The molecule has 5 nitrogen and oxygen atoms in total. The SMILES string of the molecule is Cc1cncc(C(=O)Nc2ccc(CC(=O)O)cc2)c1. The molecule has 0 radical (unpaired) electrons. The highest BCUT2D eigenvalue weighted by molar-refractivity contribution is 6.04. The molecule has 2 aromatic rings. The Hall–Kier alpha value is -2.69. The van der Waals surface area contributed by atoms with Crippen LogP contribution in [-0.4, -0.2) is 22.0 Å². The van der Waals surface area contributed by atoms with Crippen molar-refractivity contribution in [2.45, 2.75) is 13.3 Å². The van der Waals surface area contributed by atoms with Crippen LogP contribution in [0.25, 0.3) is 0 Å². The van der Waals surface area contributed by atoms with E-state index in [1.165, 1.54) is 6.20 Å². The maximum absolute atomic E-state index is 12.0. The van der Waals surface area contributed by atoms with Gasteiger partial charge in [0.15, 0.2) is 0 Å². The van der Waals surface area contributed by atoms with Gasteiger partial charge in [0, 0.05) is 18.1 Å². The topological polar surface area (TPSA) is 79.3 Å². The first-order valence-corrected chi connectivity index (χ1v) is 6.08. The zero-order valence-electron chi connectivity index (χ0n) is 11.0. The predicted octanol–water partition coefficient (Wildman–Crippen LogP) is 2.27. The van der Waals surface area contributed by atoms with E-state index in [0.29, 0.717) is 16.8 Å². The molecule has 1 aromatic heterocycles. The number of carbonyl (C=O) groups excluding carboxylic acids is 1. The number of amides is 1. The van der Waals surface area contributed by atoms with Crippen molar-refractivity contribution in [3.63, 3.8) is 0 Å². The molecule has 1 amide bonds. The summed E-state index contributed by atoms with van der Waals surface area (Å²) in [5.41, 5.74) is 2.70. The number of hydrogen-bond acceptors (Lipinski definition) is 3. The molecule has 0 aliphatic carbocycles. The molecule has 0 bridgehead atoms. The number of rotatable bonds is 4. The summed E-state index contributed by atoms with van der Waals surface area (Å²) in [5, 5.41) is 11.4. The molecule has 1 aromatic carbocycles. The third-order valence-electron chi connectivity index (χ3n) is 2.70. The minimum atomic E-state index is -0.882. The van der Waals surface area contributed by atoms with E-state index < -0.39 is 5.97 Å². The molecule has 20 heavy (non-hydrogen) atoms. The maximum Gasteiger partial charge on any atom is 0.307 e. The van der Waals surface area contributed by atoms with Crippen molar-refractivity contribution < 1.29 is 14.7 Å². The van der Waals surface area contributed by atoms with E-state index in [1.54, 1.807) is 36.5 Å². The first-order chi connectivity index (χ1) is 9.54. The fourth-order valence-electron chi connectivity index (χ4n) is 1.76. The second-order valence-corrected chi connectivity index (χ2v) is 4.47. The van der Waals surface area contributed by atoms with Crippen LogP contribution in [0.2, 0.25) is 0 Å². The summed E-state index contributed by atoms with van der Waals surface area (Å²) in [5.74, 6) is -1.13.